The topological polar surface area (TPSA) is 45.7 Å². The Bertz CT molecular complexity index is 294. The van der Waals surface area contributed by atoms with Crippen LogP contribution >= 0.6 is 11.8 Å². The first-order chi connectivity index (χ1) is 11.4. The predicted molar refractivity (Wildman–Crippen MR) is 104 cm³/mol. The largest absolute Gasteiger partial charge is 0.378 e. The zero-order chi connectivity index (χ0) is 16.6. The van der Waals surface area contributed by atoms with Crippen molar-refractivity contribution in [2.45, 2.75) is 70.3 Å². The quantitative estimate of drug-likeness (QED) is 0.321. The van der Waals surface area contributed by atoms with Gasteiger partial charge in [-0.15, -0.1) is 0 Å². The lowest BCUT2D eigenvalue weighted by atomic mass is 9.98. The minimum atomic E-state index is 0.552. The van der Waals surface area contributed by atoms with E-state index in [1.54, 1.807) is 0 Å². The summed E-state index contributed by atoms with van der Waals surface area (Å²) in [5, 5.41) is 6.77. The monoisotopic (exact) mass is 343 g/mol. The second kappa shape index (κ2) is 15.1. The Kier molecular flexibility index (Phi) is 13.6. The van der Waals surface area contributed by atoms with Gasteiger partial charge in [0.15, 0.2) is 5.96 Å². The lowest BCUT2D eigenvalue weighted by molar-refractivity contribution is 0.0264. The van der Waals surface area contributed by atoms with E-state index in [-0.39, 0.29) is 0 Å². The molecule has 136 valence electrons. The number of aliphatic imine (C=N–C) groups is 1. The minimum absolute atomic E-state index is 0.552. The smallest absolute Gasteiger partial charge is 0.190 e. The zero-order valence-electron chi connectivity index (χ0n) is 15.2. The molecule has 1 aliphatic carbocycles. The summed E-state index contributed by atoms with van der Waals surface area (Å²) in [6.45, 7) is 2.94. The summed E-state index contributed by atoms with van der Waals surface area (Å²) in [6.07, 6.45) is 15.5. The van der Waals surface area contributed by atoms with Gasteiger partial charge in [-0.3, -0.25) is 4.99 Å². The highest BCUT2D eigenvalue weighted by molar-refractivity contribution is 7.98. The lowest BCUT2D eigenvalue weighted by Gasteiger charge is -2.21. The molecule has 0 radical (unpaired) electrons. The van der Waals surface area contributed by atoms with Gasteiger partial charge in [0.25, 0.3) is 0 Å². The number of rotatable bonds is 12. The standard InChI is InChI=1S/C18H37N3OS/c1-19-18(21-14-8-10-16-23-2)20-13-7-4-9-15-22-17-11-5-3-6-12-17/h17H,3-16H2,1-2H3,(H2,19,20,21). The fourth-order valence-electron chi connectivity index (χ4n) is 2.89. The van der Waals surface area contributed by atoms with Crippen molar-refractivity contribution in [1.29, 1.82) is 0 Å². The maximum absolute atomic E-state index is 5.96. The van der Waals surface area contributed by atoms with Crippen LogP contribution in [0.5, 0.6) is 0 Å². The molecule has 4 nitrogen and oxygen atoms in total. The fraction of sp³-hybridized carbons (Fsp3) is 0.944. The summed E-state index contributed by atoms with van der Waals surface area (Å²) in [6, 6.07) is 0. The van der Waals surface area contributed by atoms with E-state index in [0.29, 0.717) is 6.10 Å². The van der Waals surface area contributed by atoms with Crippen LogP contribution < -0.4 is 10.6 Å². The van der Waals surface area contributed by atoms with Crippen LogP contribution in [0.4, 0.5) is 0 Å². The Morgan fingerprint density at radius 1 is 1.00 bits per heavy atom. The van der Waals surface area contributed by atoms with Crippen molar-refractivity contribution in [1.82, 2.24) is 10.6 Å². The summed E-state index contributed by atoms with van der Waals surface area (Å²) < 4.78 is 5.96. The van der Waals surface area contributed by atoms with Crippen LogP contribution in [0.15, 0.2) is 4.99 Å². The average Bonchev–Trinajstić information content (AvgIpc) is 2.59. The molecule has 5 heteroatoms. The first-order valence-corrected chi connectivity index (χ1v) is 10.8. The third kappa shape index (κ3) is 11.7. The van der Waals surface area contributed by atoms with Crippen molar-refractivity contribution in [3.05, 3.63) is 0 Å². The van der Waals surface area contributed by atoms with Crippen molar-refractivity contribution in [3.63, 3.8) is 0 Å². The number of thioether (sulfide) groups is 1. The zero-order valence-corrected chi connectivity index (χ0v) is 16.1. The SMILES string of the molecule is CN=C(NCCCCCOC1CCCCC1)NCCCCSC. The summed E-state index contributed by atoms with van der Waals surface area (Å²) in [5.74, 6) is 2.18. The number of hydrogen-bond acceptors (Lipinski definition) is 3. The van der Waals surface area contributed by atoms with Gasteiger partial charge in [-0.05, 0) is 57.0 Å². The van der Waals surface area contributed by atoms with E-state index in [1.165, 1.54) is 70.0 Å². The molecule has 0 spiro atoms. The van der Waals surface area contributed by atoms with Gasteiger partial charge in [0.1, 0.15) is 0 Å². The van der Waals surface area contributed by atoms with Gasteiger partial charge in [-0.2, -0.15) is 11.8 Å². The molecular formula is C18H37N3OS. The molecule has 0 aliphatic heterocycles. The van der Waals surface area contributed by atoms with Gasteiger partial charge < -0.3 is 15.4 Å². The Labute approximate surface area is 147 Å². The van der Waals surface area contributed by atoms with Gasteiger partial charge in [0.2, 0.25) is 0 Å². The summed E-state index contributed by atoms with van der Waals surface area (Å²) in [4.78, 5) is 4.27. The van der Waals surface area contributed by atoms with Gasteiger partial charge in [-0.25, -0.2) is 0 Å². The molecule has 23 heavy (non-hydrogen) atoms. The van der Waals surface area contributed by atoms with Crippen LogP contribution in [0.25, 0.3) is 0 Å². The van der Waals surface area contributed by atoms with Gasteiger partial charge in [-0.1, -0.05) is 19.3 Å². The van der Waals surface area contributed by atoms with Gasteiger partial charge >= 0.3 is 0 Å². The van der Waals surface area contributed by atoms with Gasteiger partial charge in [0.05, 0.1) is 6.10 Å². The Morgan fingerprint density at radius 2 is 1.70 bits per heavy atom. The van der Waals surface area contributed by atoms with Crippen LogP contribution in [0.3, 0.4) is 0 Å². The lowest BCUT2D eigenvalue weighted by Crippen LogP contribution is -2.38. The van der Waals surface area contributed by atoms with E-state index in [9.17, 15) is 0 Å². The van der Waals surface area contributed by atoms with Crippen molar-refractivity contribution >= 4 is 17.7 Å². The van der Waals surface area contributed by atoms with Crippen LogP contribution in [0, 0.1) is 0 Å². The number of ether oxygens (including phenoxy) is 1. The molecule has 1 aliphatic rings. The molecule has 0 aromatic heterocycles. The molecule has 1 fully saturated rings. The third-order valence-corrected chi connectivity index (χ3v) is 5.01. The van der Waals surface area contributed by atoms with Crippen LogP contribution in [0.2, 0.25) is 0 Å². The highest BCUT2D eigenvalue weighted by Crippen LogP contribution is 2.20. The third-order valence-electron chi connectivity index (χ3n) is 4.31. The molecule has 0 unspecified atom stereocenters. The van der Waals surface area contributed by atoms with E-state index < -0.39 is 0 Å². The van der Waals surface area contributed by atoms with Gasteiger partial charge in [0, 0.05) is 26.7 Å². The molecule has 0 saturated heterocycles. The average molecular weight is 344 g/mol. The molecule has 0 heterocycles. The summed E-state index contributed by atoms with van der Waals surface area (Å²) in [7, 11) is 1.84. The Hall–Kier alpha value is -0.420. The van der Waals surface area contributed by atoms with E-state index in [4.69, 9.17) is 4.74 Å². The number of unbranched alkanes of at least 4 members (excludes halogenated alkanes) is 3. The molecule has 0 aromatic rings. The second-order valence-corrected chi connectivity index (χ2v) is 7.30. The molecule has 1 saturated carbocycles. The second-order valence-electron chi connectivity index (χ2n) is 6.32. The van der Waals surface area contributed by atoms with Crippen molar-refractivity contribution in [2.24, 2.45) is 4.99 Å². The number of hydrogen-bond donors (Lipinski definition) is 2. The van der Waals surface area contributed by atoms with E-state index in [1.807, 2.05) is 18.8 Å². The fourth-order valence-corrected chi connectivity index (χ4v) is 3.38. The molecular weight excluding hydrogens is 306 g/mol. The number of guanidine groups is 1. The molecule has 0 amide bonds. The minimum Gasteiger partial charge on any atom is -0.378 e. The molecule has 1 rings (SSSR count). The van der Waals surface area contributed by atoms with E-state index in [0.717, 1.165) is 25.7 Å². The Balaban J connectivity index is 1.88. The van der Waals surface area contributed by atoms with Crippen LogP contribution in [0.1, 0.15) is 64.2 Å². The number of nitrogens with zero attached hydrogens (tertiary/aromatic N) is 1. The van der Waals surface area contributed by atoms with Crippen molar-refractivity contribution in [3.8, 4) is 0 Å². The van der Waals surface area contributed by atoms with Crippen molar-refractivity contribution < 1.29 is 4.74 Å². The maximum Gasteiger partial charge on any atom is 0.190 e. The van der Waals surface area contributed by atoms with Crippen LogP contribution in [-0.2, 0) is 4.74 Å². The maximum atomic E-state index is 5.96. The highest BCUT2D eigenvalue weighted by atomic mass is 32.2. The normalized spacial score (nSPS) is 16.5. The first kappa shape index (κ1) is 20.6. The first-order valence-electron chi connectivity index (χ1n) is 9.42. The van der Waals surface area contributed by atoms with Crippen molar-refractivity contribution in [2.75, 3.05) is 38.8 Å². The molecule has 0 aromatic carbocycles. The number of nitrogens with one attached hydrogen (secondary N) is 2. The van der Waals surface area contributed by atoms with E-state index >= 15 is 0 Å². The molecule has 0 atom stereocenters. The highest BCUT2D eigenvalue weighted by Gasteiger charge is 2.12. The van der Waals surface area contributed by atoms with Crippen LogP contribution in [-0.4, -0.2) is 50.8 Å². The summed E-state index contributed by atoms with van der Waals surface area (Å²) in [5.41, 5.74) is 0. The van der Waals surface area contributed by atoms with E-state index in [2.05, 4.69) is 21.9 Å². The molecule has 2 N–H and O–H groups in total. The predicted octanol–water partition coefficient (Wildman–Crippen LogP) is 3.81. The summed E-state index contributed by atoms with van der Waals surface area (Å²) >= 11 is 1.91. The molecule has 0 bridgehead atoms. The Morgan fingerprint density at radius 3 is 2.35 bits per heavy atom.